The van der Waals surface area contributed by atoms with E-state index < -0.39 is 16.1 Å². The van der Waals surface area contributed by atoms with E-state index in [9.17, 15) is 18.3 Å². The number of aryl methyl sites for hydroxylation is 1. The molecular weight excluding hydrogens is 370 g/mol. The van der Waals surface area contributed by atoms with E-state index in [0.717, 1.165) is 19.4 Å². The number of amides is 1. The van der Waals surface area contributed by atoms with Crippen molar-refractivity contribution in [1.29, 1.82) is 0 Å². The van der Waals surface area contributed by atoms with Crippen LogP contribution in [0.15, 0.2) is 23.1 Å². The van der Waals surface area contributed by atoms with Gasteiger partial charge < -0.3 is 15.2 Å². The first-order valence-electron chi connectivity index (χ1n) is 9.25. The van der Waals surface area contributed by atoms with E-state index in [-0.39, 0.29) is 17.3 Å². The van der Waals surface area contributed by atoms with Gasteiger partial charge in [-0.15, -0.1) is 0 Å². The number of benzene rings is 1. The Bertz CT molecular complexity index is 777. The highest BCUT2D eigenvalue weighted by Gasteiger charge is 2.28. The molecule has 0 radical (unpaired) electrons. The Labute approximate surface area is 160 Å². The first kappa shape index (κ1) is 20.2. The Kier molecular flexibility index (Phi) is 6.48. The number of ether oxygens (including phenoxy) is 1. The molecule has 9 heteroatoms. The topological polar surface area (TPSA) is 99.2 Å². The summed E-state index contributed by atoms with van der Waals surface area (Å²) in [5.41, 5.74) is 1.09. The molecule has 0 bridgehead atoms. The average Bonchev–Trinajstić information content (AvgIpc) is 2.64. The van der Waals surface area contributed by atoms with E-state index in [1.807, 2.05) is 4.90 Å². The maximum atomic E-state index is 12.9. The number of piperidine rings is 1. The van der Waals surface area contributed by atoms with Crippen molar-refractivity contribution in [3.8, 4) is 0 Å². The zero-order chi connectivity index (χ0) is 19.4. The lowest BCUT2D eigenvalue weighted by atomic mass is 10.1. The van der Waals surface area contributed by atoms with Crippen molar-refractivity contribution in [2.45, 2.75) is 30.8 Å². The summed E-state index contributed by atoms with van der Waals surface area (Å²) in [5.74, 6) is -0.220. The van der Waals surface area contributed by atoms with E-state index >= 15 is 0 Å². The highest BCUT2D eigenvalue weighted by Crippen LogP contribution is 2.24. The van der Waals surface area contributed by atoms with Gasteiger partial charge in [-0.05, 0) is 44.0 Å². The molecule has 1 amide bonds. The second kappa shape index (κ2) is 8.66. The third-order valence-electron chi connectivity index (χ3n) is 4.91. The van der Waals surface area contributed by atoms with Gasteiger partial charge in [-0.25, -0.2) is 8.42 Å². The summed E-state index contributed by atoms with van der Waals surface area (Å²) in [7, 11) is -3.63. The molecule has 0 aliphatic carbocycles. The van der Waals surface area contributed by atoms with Gasteiger partial charge in [-0.2, -0.15) is 4.31 Å². The molecule has 2 heterocycles. The molecule has 8 nitrogen and oxygen atoms in total. The number of rotatable bonds is 5. The largest absolute Gasteiger partial charge is 0.392 e. The fourth-order valence-corrected chi connectivity index (χ4v) is 5.12. The van der Waals surface area contributed by atoms with Gasteiger partial charge in [-0.1, -0.05) is 6.07 Å². The van der Waals surface area contributed by atoms with Gasteiger partial charge in [-0.3, -0.25) is 9.69 Å². The van der Waals surface area contributed by atoms with Crippen molar-refractivity contribution in [2.24, 2.45) is 0 Å². The molecule has 27 heavy (non-hydrogen) atoms. The Morgan fingerprint density at radius 2 is 2.04 bits per heavy atom. The van der Waals surface area contributed by atoms with Crippen LogP contribution in [0.2, 0.25) is 0 Å². The number of β-amino-alcohol motifs (C(OH)–C–C–N with tert-alkyl or cyclic N) is 1. The summed E-state index contributed by atoms with van der Waals surface area (Å²) in [6, 6.07) is 4.92. The van der Waals surface area contributed by atoms with Crippen LogP contribution < -0.4 is 5.32 Å². The highest BCUT2D eigenvalue weighted by atomic mass is 32.2. The molecule has 0 saturated carbocycles. The normalized spacial score (nSPS) is 22.5. The fourth-order valence-electron chi connectivity index (χ4n) is 3.46. The summed E-state index contributed by atoms with van der Waals surface area (Å²) in [4.78, 5) is 14.4. The van der Waals surface area contributed by atoms with Gasteiger partial charge in [0.05, 0.1) is 30.8 Å². The standard InChI is InChI=1S/C18H27N3O5S/c1-14-4-5-15(19-18(23)13-20-6-2-3-16(22)12-20)11-17(14)27(24,25)21-7-9-26-10-8-21/h4-5,11,16,22H,2-3,6-10,12-13H2,1H3,(H,19,23). The summed E-state index contributed by atoms with van der Waals surface area (Å²) < 4.78 is 32.5. The minimum atomic E-state index is -3.63. The van der Waals surface area contributed by atoms with E-state index in [4.69, 9.17) is 4.74 Å². The highest BCUT2D eigenvalue weighted by molar-refractivity contribution is 7.89. The van der Waals surface area contributed by atoms with Crippen molar-refractivity contribution in [3.63, 3.8) is 0 Å². The van der Waals surface area contributed by atoms with Crippen LogP contribution in [0.1, 0.15) is 18.4 Å². The predicted octanol–water partition coefficient (Wildman–Crippen LogP) is 0.411. The van der Waals surface area contributed by atoms with Crippen LogP contribution in [0.25, 0.3) is 0 Å². The lowest BCUT2D eigenvalue weighted by Gasteiger charge is -2.29. The number of hydrogen-bond acceptors (Lipinski definition) is 6. The minimum Gasteiger partial charge on any atom is -0.392 e. The molecule has 2 N–H and O–H groups in total. The van der Waals surface area contributed by atoms with Crippen LogP contribution in [0, 0.1) is 6.92 Å². The monoisotopic (exact) mass is 397 g/mol. The quantitative estimate of drug-likeness (QED) is 0.747. The SMILES string of the molecule is Cc1ccc(NC(=O)CN2CCCC(O)C2)cc1S(=O)(=O)N1CCOCC1. The number of aliphatic hydroxyl groups is 1. The molecule has 2 aliphatic rings. The van der Waals surface area contributed by atoms with Gasteiger partial charge in [0.15, 0.2) is 0 Å². The molecule has 150 valence electrons. The molecule has 3 rings (SSSR count). The zero-order valence-corrected chi connectivity index (χ0v) is 16.4. The average molecular weight is 397 g/mol. The summed E-state index contributed by atoms with van der Waals surface area (Å²) in [6.07, 6.45) is 1.23. The molecule has 2 aliphatic heterocycles. The van der Waals surface area contributed by atoms with Gasteiger partial charge in [0.2, 0.25) is 15.9 Å². The number of aliphatic hydroxyl groups excluding tert-OH is 1. The number of carbonyl (C=O) groups excluding carboxylic acids is 1. The van der Waals surface area contributed by atoms with Crippen molar-refractivity contribution in [1.82, 2.24) is 9.21 Å². The molecule has 0 spiro atoms. The number of anilines is 1. The number of hydrogen-bond donors (Lipinski definition) is 2. The van der Waals surface area contributed by atoms with Gasteiger partial charge in [0.25, 0.3) is 0 Å². The Hall–Kier alpha value is -1.52. The molecule has 1 aromatic carbocycles. The first-order valence-corrected chi connectivity index (χ1v) is 10.7. The zero-order valence-electron chi connectivity index (χ0n) is 15.6. The van der Waals surface area contributed by atoms with Gasteiger partial charge in [0.1, 0.15) is 0 Å². The van der Waals surface area contributed by atoms with E-state index in [1.165, 1.54) is 10.4 Å². The third kappa shape index (κ3) is 5.05. The van der Waals surface area contributed by atoms with Crippen molar-refractivity contribution in [3.05, 3.63) is 23.8 Å². The smallest absolute Gasteiger partial charge is 0.243 e. The molecule has 1 unspecified atom stereocenters. The minimum absolute atomic E-state index is 0.177. The van der Waals surface area contributed by atoms with E-state index in [2.05, 4.69) is 5.32 Å². The summed E-state index contributed by atoms with van der Waals surface area (Å²) >= 11 is 0. The number of carbonyl (C=O) groups is 1. The Balaban J connectivity index is 1.70. The maximum absolute atomic E-state index is 12.9. The van der Waals surface area contributed by atoms with Crippen LogP contribution in [0.5, 0.6) is 0 Å². The Morgan fingerprint density at radius 3 is 2.74 bits per heavy atom. The second-order valence-electron chi connectivity index (χ2n) is 7.08. The number of morpholine rings is 1. The molecule has 0 aromatic heterocycles. The molecule has 2 fully saturated rings. The van der Waals surface area contributed by atoms with Crippen LogP contribution >= 0.6 is 0 Å². The van der Waals surface area contributed by atoms with Crippen molar-refractivity contribution >= 4 is 21.6 Å². The number of nitrogens with one attached hydrogen (secondary N) is 1. The number of sulfonamides is 1. The molecule has 1 aromatic rings. The van der Waals surface area contributed by atoms with Crippen molar-refractivity contribution < 1.29 is 23.1 Å². The molecular formula is C18H27N3O5S. The third-order valence-corrected chi connectivity index (χ3v) is 6.95. The van der Waals surface area contributed by atoms with Gasteiger partial charge >= 0.3 is 0 Å². The number of likely N-dealkylation sites (tertiary alicyclic amines) is 1. The lowest BCUT2D eigenvalue weighted by Crippen LogP contribution is -2.42. The summed E-state index contributed by atoms with van der Waals surface area (Å²) in [6.45, 7) is 4.61. The number of nitrogens with zero attached hydrogens (tertiary/aromatic N) is 2. The lowest BCUT2D eigenvalue weighted by molar-refractivity contribution is -0.118. The van der Waals surface area contributed by atoms with Crippen LogP contribution in [-0.2, 0) is 19.6 Å². The van der Waals surface area contributed by atoms with Crippen molar-refractivity contribution in [2.75, 3.05) is 51.3 Å². The Morgan fingerprint density at radius 1 is 1.30 bits per heavy atom. The molecule has 1 atom stereocenters. The maximum Gasteiger partial charge on any atom is 0.243 e. The van der Waals surface area contributed by atoms with E-state index in [1.54, 1.807) is 19.1 Å². The molecule has 2 saturated heterocycles. The second-order valence-corrected chi connectivity index (χ2v) is 8.98. The van der Waals surface area contributed by atoms with Crippen LogP contribution in [-0.4, -0.2) is 80.7 Å². The van der Waals surface area contributed by atoms with Crippen LogP contribution in [0.4, 0.5) is 5.69 Å². The summed E-state index contributed by atoms with van der Waals surface area (Å²) in [5, 5.41) is 12.5. The van der Waals surface area contributed by atoms with Gasteiger partial charge in [0, 0.05) is 25.3 Å². The van der Waals surface area contributed by atoms with E-state index in [0.29, 0.717) is 44.1 Å². The fraction of sp³-hybridized carbons (Fsp3) is 0.611. The first-order chi connectivity index (χ1) is 12.9. The van der Waals surface area contributed by atoms with Crippen LogP contribution in [0.3, 0.4) is 0 Å². The predicted molar refractivity (Wildman–Crippen MR) is 101 cm³/mol.